The predicted octanol–water partition coefficient (Wildman–Crippen LogP) is 3.13. The third-order valence-electron chi connectivity index (χ3n) is 1.49. The van der Waals surface area contributed by atoms with E-state index in [-0.39, 0.29) is 0 Å². The molecule has 0 heterocycles. The summed E-state index contributed by atoms with van der Waals surface area (Å²) in [6.45, 7) is 0. The first-order valence-corrected chi connectivity index (χ1v) is 8.02. The molecule has 0 radical (unpaired) electrons. The first kappa shape index (κ1) is 10.5. The summed E-state index contributed by atoms with van der Waals surface area (Å²) < 4.78 is 41.4. The summed E-state index contributed by atoms with van der Waals surface area (Å²) in [5.41, 5.74) is 1.33. The second kappa shape index (κ2) is 4.10. The van der Waals surface area contributed by atoms with Gasteiger partial charge in [0.2, 0.25) is 0 Å². The van der Waals surface area contributed by atoms with Crippen LogP contribution in [-0.2, 0) is 23.7 Å². The third kappa shape index (κ3) is 2.99. The molecule has 1 aromatic rings. The minimum atomic E-state index is -4.26. The van der Waals surface area contributed by atoms with Gasteiger partial charge in [-0.1, -0.05) is 0 Å². The molecule has 0 fully saturated rings. The average Bonchev–Trinajstić information content (AvgIpc) is 2.04. The van der Waals surface area contributed by atoms with Crippen LogP contribution in [-0.4, -0.2) is 0 Å². The fourth-order valence-electron chi connectivity index (χ4n) is 0.907. The zero-order valence-electron chi connectivity index (χ0n) is 7.06. The van der Waals surface area contributed by atoms with Gasteiger partial charge in [-0.25, -0.2) is 0 Å². The van der Waals surface area contributed by atoms with E-state index in [2.05, 4.69) is 0 Å². The van der Waals surface area contributed by atoms with Crippen LogP contribution in [0.25, 0.3) is 0 Å². The molecule has 13 heavy (non-hydrogen) atoms. The summed E-state index contributed by atoms with van der Waals surface area (Å²) in [5.74, 6) is 0.538. The summed E-state index contributed by atoms with van der Waals surface area (Å²) in [7, 11) is 0. The molecule has 0 aromatic heterocycles. The maximum absolute atomic E-state index is 12.1. The average molecular weight is 242 g/mol. The van der Waals surface area contributed by atoms with Gasteiger partial charge in [-0.2, -0.15) is 0 Å². The summed E-state index contributed by atoms with van der Waals surface area (Å²) in [6.07, 6.45) is -4.26. The number of benzene rings is 1. The molecule has 0 saturated carbocycles. The molecule has 0 aliphatic rings. The van der Waals surface area contributed by atoms with E-state index < -0.39 is 29.2 Å². The van der Waals surface area contributed by atoms with Crippen LogP contribution in [0, 0.1) is 0 Å². The SMILES string of the molecule is [CH3][Zn][O]c1ccc(C(F)(F)F)cc1. The van der Waals surface area contributed by atoms with Gasteiger partial charge in [0.25, 0.3) is 0 Å². The zero-order valence-corrected chi connectivity index (χ0v) is 10.0. The Morgan fingerprint density at radius 2 is 1.69 bits per heavy atom. The van der Waals surface area contributed by atoms with Crippen molar-refractivity contribution in [1.82, 2.24) is 0 Å². The predicted molar refractivity (Wildman–Crippen MR) is 37.9 cm³/mol. The van der Waals surface area contributed by atoms with Crippen LogP contribution in [0.1, 0.15) is 5.56 Å². The molecule has 68 valence electrons. The van der Waals surface area contributed by atoms with Crippen molar-refractivity contribution >= 4 is 0 Å². The van der Waals surface area contributed by atoms with E-state index in [1.54, 1.807) is 0 Å². The Morgan fingerprint density at radius 1 is 1.15 bits per heavy atom. The normalized spacial score (nSPS) is 10.8. The summed E-state index contributed by atoms with van der Waals surface area (Å²) in [4.78, 5) is 0. The molecule has 0 spiro atoms. The molecule has 0 atom stereocenters. The molecule has 1 nitrogen and oxygen atoms in total. The summed E-state index contributed by atoms with van der Waals surface area (Å²) in [5, 5.41) is 0. The molecule has 0 saturated heterocycles. The van der Waals surface area contributed by atoms with Gasteiger partial charge >= 0.3 is 81.5 Å². The first-order valence-electron chi connectivity index (χ1n) is 3.84. The fourth-order valence-corrected chi connectivity index (χ4v) is 2.01. The van der Waals surface area contributed by atoms with E-state index in [0.717, 1.165) is 12.1 Å². The minimum absolute atomic E-state index is 0.538. The summed E-state index contributed by atoms with van der Waals surface area (Å²) in [6, 6.07) is 4.79. The Kier molecular flexibility index (Phi) is 3.31. The standard InChI is InChI=1S/C7H5F3O.CH3.Zn/c8-7(9,10)5-1-3-6(11)4-2-5;;/h1-4,11H;1H3;/q;;+1/p-1. The van der Waals surface area contributed by atoms with Gasteiger partial charge in [0, 0.05) is 0 Å². The van der Waals surface area contributed by atoms with E-state index >= 15 is 0 Å². The summed E-state index contributed by atoms with van der Waals surface area (Å²) >= 11 is -0.984. The van der Waals surface area contributed by atoms with E-state index in [1.807, 2.05) is 5.52 Å². The van der Waals surface area contributed by atoms with Crippen LogP contribution in [0.3, 0.4) is 0 Å². The Bertz CT molecular complexity index is 268. The van der Waals surface area contributed by atoms with Crippen molar-refractivity contribution in [2.24, 2.45) is 0 Å². The Balaban J connectivity index is 2.81. The second-order valence-electron chi connectivity index (χ2n) is 2.46. The van der Waals surface area contributed by atoms with Crippen molar-refractivity contribution in [2.75, 3.05) is 0 Å². The van der Waals surface area contributed by atoms with Gasteiger partial charge in [-0.05, 0) is 0 Å². The Hall–Kier alpha value is -0.567. The van der Waals surface area contributed by atoms with Crippen LogP contribution in [0.4, 0.5) is 13.2 Å². The molecule has 1 rings (SSSR count). The van der Waals surface area contributed by atoms with Crippen LogP contribution < -0.4 is 3.56 Å². The molecule has 1 aromatic carbocycles. The van der Waals surface area contributed by atoms with E-state index in [0.29, 0.717) is 5.75 Å². The van der Waals surface area contributed by atoms with E-state index in [4.69, 9.17) is 3.56 Å². The van der Waals surface area contributed by atoms with Crippen molar-refractivity contribution in [1.29, 1.82) is 0 Å². The molecule has 5 heteroatoms. The van der Waals surface area contributed by atoms with Crippen molar-refractivity contribution in [2.45, 2.75) is 11.7 Å². The first-order chi connectivity index (χ1) is 6.04. The van der Waals surface area contributed by atoms with Gasteiger partial charge in [0.1, 0.15) is 0 Å². The van der Waals surface area contributed by atoms with Gasteiger partial charge < -0.3 is 0 Å². The monoisotopic (exact) mass is 240 g/mol. The molecular weight excluding hydrogens is 234 g/mol. The topological polar surface area (TPSA) is 9.23 Å². The fraction of sp³-hybridized carbons (Fsp3) is 0.250. The molecule has 0 aliphatic carbocycles. The Labute approximate surface area is 81.9 Å². The molecule has 0 bridgehead atoms. The third-order valence-corrected chi connectivity index (χ3v) is 2.80. The van der Waals surface area contributed by atoms with Crippen molar-refractivity contribution in [3.63, 3.8) is 0 Å². The van der Waals surface area contributed by atoms with Crippen molar-refractivity contribution < 1.29 is 34.2 Å². The number of alkyl halides is 3. The van der Waals surface area contributed by atoms with E-state index in [1.165, 1.54) is 12.1 Å². The van der Waals surface area contributed by atoms with Gasteiger partial charge in [0.05, 0.1) is 0 Å². The molecule has 0 N–H and O–H groups in total. The van der Waals surface area contributed by atoms with Crippen LogP contribution in [0.2, 0.25) is 5.52 Å². The molecule has 0 unspecified atom stereocenters. The van der Waals surface area contributed by atoms with Crippen LogP contribution in [0.15, 0.2) is 24.3 Å². The second-order valence-corrected chi connectivity index (χ2v) is 4.27. The quantitative estimate of drug-likeness (QED) is 0.723. The van der Waals surface area contributed by atoms with Gasteiger partial charge in [0.15, 0.2) is 0 Å². The number of hydrogen-bond donors (Lipinski definition) is 0. The maximum atomic E-state index is 12.1. The van der Waals surface area contributed by atoms with Crippen LogP contribution >= 0.6 is 0 Å². The zero-order chi connectivity index (χ0) is 9.90. The number of halogens is 3. The Morgan fingerprint density at radius 3 is 2.08 bits per heavy atom. The number of hydrogen-bond acceptors (Lipinski definition) is 1. The molecular formula is C8H7F3OZn. The van der Waals surface area contributed by atoms with Gasteiger partial charge in [-0.15, -0.1) is 0 Å². The number of rotatable bonds is 2. The molecule has 0 aliphatic heterocycles. The van der Waals surface area contributed by atoms with E-state index in [9.17, 15) is 13.2 Å². The van der Waals surface area contributed by atoms with Gasteiger partial charge in [-0.3, -0.25) is 0 Å². The van der Waals surface area contributed by atoms with Crippen molar-refractivity contribution in [3.8, 4) is 5.75 Å². The molecule has 0 amide bonds. The van der Waals surface area contributed by atoms with Crippen molar-refractivity contribution in [3.05, 3.63) is 29.8 Å². The van der Waals surface area contributed by atoms with Crippen LogP contribution in [0.5, 0.6) is 5.75 Å².